The Hall–Kier alpha value is -2.25. The van der Waals surface area contributed by atoms with Crippen LogP contribution in [0, 0.1) is 0 Å². The third kappa shape index (κ3) is 3.37. The highest BCUT2D eigenvalue weighted by atomic mass is 32.1. The number of pyridine rings is 1. The summed E-state index contributed by atoms with van der Waals surface area (Å²) in [5.41, 5.74) is 2.83. The van der Waals surface area contributed by atoms with Gasteiger partial charge in [-0.25, -0.2) is 9.67 Å². The molecule has 0 spiro atoms. The molecule has 0 unspecified atom stereocenters. The molecule has 1 saturated heterocycles. The standard InChI is InChI=1S/C19H23N5OS/c1-14(2)24-18-16(11-21-24)9-17(10-20-18)19(25)23-6-4-22(5-7-23)12-15-3-8-26-13-15/h3,8-11,13-14H,4-7,12H2,1-2H3. The Bertz CT molecular complexity index is 894. The topological polar surface area (TPSA) is 54.3 Å². The van der Waals surface area contributed by atoms with Crippen LogP contribution in [0.5, 0.6) is 0 Å². The first kappa shape index (κ1) is 17.2. The molecule has 0 radical (unpaired) electrons. The minimum absolute atomic E-state index is 0.0619. The fourth-order valence-electron chi connectivity index (χ4n) is 3.37. The van der Waals surface area contributed by atoms with Crippen LogP contribution in [0.2, 0.25) is 0 Å². The fourth-order valence-corrected chi connectivity index (χ4v) is 4.03. The Morgan fingerprint density at radius 1 is 1.23 bits per heavy atom. The van der Waals surface area contributed by atoms with E-state index in [1.807, 2.05) is 15.6 Å². The Kier molecular flexibility index (Phi) is 4.74. The zero-order chi connectivity index (χ0) is 18.1. The summed E-state index contributed by atoms with van der Waals surface area (Å²) in [5.74, 6) is 0.0619. The van der Waals surface area contributed by atoms with Gasteiger partial charge in [-0.1, -0.05) is 0 Å². The number of hydrogen-bond donors (Lipinski definition) is 0. The third-order valence-corrected chi connectivity index (χ3v) is 5.55. The van der Waals surface area contributed by atoms with Gasteiger partial charge in [0, 0.05) is 50.3 Å². The van der Waals surface area contributed by atoms with Gasteiger partial charge in [-0.2, -0.15) is 16.4 Å². The molecule has 0 atom stereocenters. The molecular weight excluding hydrogens is 346 g/mol. The van der Waals surface area contributed by atoms with Crippen molar-refractivity contribution >= 4 is 28.3 Å². The van der Waals surface area contributed by atoms with Gasteiger partial charge in [0.25, 0.3) is 5.91 Å². The van der Waals surface area contributed by atoms with Gasteiger partial charge >= 0.3 is 0 Å². The van der Waals surface area contributed by atoms with Crippen molar-refractivity contribution in [3.8, 4) is 0 Å². The number of nitrogens with zero attached hydrogens (tertiary/aromatic N) is 5. The van der Waals surface area contributed by atoms with Gasteiger partial charge in [-0.05, 0) is 42.3 Å². The number of carbonyl (C=O) groups excluding carboxylic acids is 1. The fraction of sp³-hybridized carbons (Fsp3) is 0.421. The second-order valence-corrected chi connectivity index (χ2v) is 7.80. The van der Waals surface area contributed by atoms with Crippen LogP contribution in [-0.4, -0.2) is 56.7 Å². The zero-order valence-electron chi connectivity index (χ0n) is 15.1. The Morgan fingerprint density at radius 3 is 2.73 bits per heavy atom. The second-order valence-electron chi connectivity index (χ2n) is 7.02. The van der Waals surface area contributed by atoms with Crippen molar-refractivity contribution < 1.29 is 4.79 Å². The predicted molar refractivity (Wildman–Crippen MR) is 103 cm³/mol. The van der Waals surface area contributed by atoms with Crippen LogP contribution in [0.4, 0.5) is 0 Å². The van der Waals surface area contributed by atoms with Crippen LogP contribution in [0.25, 0.3) is 11.0 Å². The first-order valence-electron chi connectivity index (χ1n) is 8.98. The van der Waals surface area contributed by atoms with Gasteiger partial charge in [0.1, 0.15) is 0 Å². The third-order valence-electron chi connectivity index (χ3n) is 4.82. The van der Waals surface area contributed by atoms with Gasteiger partial charge in [0.05, 0.1) is 11.8 Å². The van der Waals surface area contributed by atoms with E-state index in [1.165, 1.54) is 5.56 Å². The molecular formula is C19H23N5OS. The molecule has 1 aliphatic rings. The van der Waals surface area contributed by atoms with Crippen molar-refractivity contribution in [1.29, 1.82) is 0 Å². The number of piperazine rings is 1. The molecule has 0 aromatic carbocycles. The zero-order valence-corrected chi connectivity index (χ0v) is 15.9. The maximum atomic E-state index is 12.8. The van der Waals surface area contributed by atoms with E-state index in [9.17, 15) is 4.79 Å². The average Bonchev–Trinajstić information content (AvgIpc) is 3.30. The molecule has 1 fully saturated rings. The van der Waals surface area contributed by atoms with Gasteiger partial charge in [-0.15, -0.1) is 0 Å². The molecule has 3 aromatic heterocycles. The summed E-state index contributed by atoms with van der Waals surface area (Å²) >= 11 is 1.73. The van der Waals surface area contributed by atoms with E-state index in [0.717, 1.165) is 43.8 Å². The van der Waals surface area contributed by atoms with Crippen molar-refractivity contribution in [3.63, 3.8) is 0 Å². The first-order valence-corrected chi connectivity index (χ1v) is 9.92. The summed E-state index contributed by atoms with van der Waals surface area (Å²) in [6.07, 6.45) is 3.47. The number of hydrogen-bond acceptors (Lipinski definition) is 5. The number of thiophene rings is 1. The number of amides is 1. The summed E-state index contributed by atoms with van der Waals surface area (Å²) in [4.78, 5) is 21.7. The summed E-state index contributed by atoms with van der Waals surface area (Å²) in [6, 6.07) is 4.33. The number of rotatable bonds is 4. The van der Waals surface area contributed by atoms with Crippen molar-refractivity contribution in [1.82, 2.24) is 24.6 Å². The maximum Gasteiger partial charge on any atom is 0.255 e. The first-order chi connectivity index (χ1) is 12.6. The quantitative estimate of drug-likeness (QED) is 0.709. The van der Waals surface area contributed by atoms with Crippen LogP contribution in [0.3, 0.4) is 0 Å². The van der Waals surface area contributed by atoms with Crippen LogP contribution in [0.1, 0.15) is 35.8 Å². The number of fused-ring (bicyclic) bond motifs is 1. The number of carbonyl (C=O) groups is 1. The minimum atomic E-state index is 0.0619. The monoisotopic (exact) mass is 369 g/mol. The molecule has 3 aromatic rings. The van der Waals surface area contributed by atoms with E-state index in [-0.39, 0.29) is 11.9 Å². The van der Waals surface area contributed by atoms with Crippen LogP contribution < -0.4 is 0 Å². The molecule has 0 saturated carbocycles. The van der Waals surface area contributed by atoms with Gasteiger partial charge in [0.2, 0.25) is 0 Å². The van der Waals surface area contributed by atoms with Gasteiger partial charge in [-0.3, -0.25) is 9.69 Å². The lowest BCUT2D eigenvalue weighted by Gasteiger charge is -2.34. The Balaban J connectivity index is 1.42. The summed E-state index contributed by atoms with van der Waals surface area (Å²) in [6.45, 7) is 8.43. The van der Waals surface area contributed by atoms with Crippen LogP contribution in [0.15, 0.2) is 35.3 Å². The Morgan fingerprint density at radius 2 is 2.04 bits per heavy atom. The van der Waals surface area contributed by atoms with E-state index < -0.39 is 0 Å². The average molecular weight is 369 g/mol. The maximum absolute atomic E-state index is 12.8. The number of aromatic nitrogens is 3. The van der Waals surface area contributed by atoms with Crippen molar-refractivity contribution in [3.05, 3.63) is 46.4 Å². The highest BCUT2D eigenvalue weighted by Gasteiger charge is 2.23. The lowest BCUT2D eigenvalue weighted by Crippen LogP contribution is -2.48. The molecule has 1 amide bonds. The van der Waals surface area contributed by atoms with E-state index in [2.05, 4.69) is 45.7 Å². The molecule has 1 aliphatic heterocycles. The normalized spacial score (nSPS) is 15.9. The lowest BCUT2D eigenvalue weighted by atomic mass is 10.2. The predicted octanol–water partition coefficient (Wildman–Crippen LogP) is 3.03. The SMILES string of the molecule is CC(C)n1ncc2cc(C(=O)N3CCN(Cc4ccsc4)CC3)cnc21. The Labute approximate surface area is 157 Å². The van der Waals surface area contributed by atoms with Gasteiger partial charge < -0.3 is 4.90 Å². The van der Waals surface area contributed by atoms with Crippen molar-refractivity contribution in [2.24, 2.45) is 0 Å². The van der Waals surface area contributed by atoms with E-state index in [1.54, 1.807) is 23.7 Å². The van der Waals surface area contributed by atoms with E-state index in [4.69, 9.17) is 0 Å². The molecule has 4 heterocycles. The van der Waals surface area contributed by atoms with E-state index in [0.29, 0.717) is 5.56 Å². The summed E-state index contributed by atoms with van der Waals surface area (Å²) in [5, 5.41) is 9.59. The smallest absolute Gasteiger partial charge is 0.255 e. The minimum Gasteiger partial charge on any atom is -0.336 e. The summed E-state index contributed by atoms with van der Waals surface area (Å²) < 4.78 is 1.88. The molecule has 136 valence electrons. The molecule has 0 N–H and O–H groups in total. The highest BCUT2D eigenvalue weighted by molar-refractivity contribution is 7.07. The molecule has 6 nitrogen and oxygen atoms in total. The molecule has 7 heteroatoms. The molecule has 26 heavy (non-hydrogen) atoms. The molecule has 4 rings (SSSR count). The lowest BCUT2D eigenvalue weighted by molar-refractivity contribution is 0.0628. The highest BCUT2D eigenvalue weighted by Crippen LogP contribution is 2.18. The van der Waals surface area contributed by atoms with Gasteiger partial charge in [0.15, 0.2) is 5.65 Å². The second kappa shape index (κ2) is 7.17. The van der Waals surface area contributed by atoms with Crippen molar-refractivity contribution in [2.75, 3.05) is 26.2 Å². The van der Waals surface area contributed by atoms with Crippen LogP contribution in [-0.2, 0) is 6.54 Å². The largest absolute Gasteiger partial charge is 0.336 e. The van der Waals surface area contributed by atoms with Crippen molar-refractivity contribution in [2.45, 2.75) is 26.4 Å². The van der Waals surface area contributed by atoms with Crippen LogP contribution >= 0.6 is 11.3 Å². The molecule has 0 bridgehead atoms. The summed E-state index contributed by atoms with van der Waals surface area (Å²) in [7, 11) is 0. The van der Waals surface area contributed by atoms with E-state index >= 15 is 0 Å². The molecule has 0 aliphatic carbocycles.